The van der Waals surface area contributed by atoms with Crippen molar-refractivity contribution in [2.24, 2.45) is 0 Å². The zero-order chi connectivity index (χ0) is 23.8. The molecule has 1 aromatic heterocycles. The number of anilines is 1. The second-order valence-electron chi connectivity index (χ2n) is 9.30. The van der Waals surface area contributed by atoms with Crippen molar-refractivity contribution in [1.82, 2.24) is 0 Å². The van der Waals surface area contributed by atoms with Gasteiger partial charge in [0, 0.05) is 18.6 Å². The maximum Gasteiger partial charge on any atom is 0.291 e. The minimum absolute atomic E-state index is 0.0226. The van der Waals surface area contributed by atoms with Crippen LogP contribution in [0.15, 0.2) is 40.8 Å². The second kappa shape index (κ2) is 8.85. The molecule has 0 radical (unpaired) electrons. The van der Waals surface area contributed by atoms with Gasteiger partial charge in [0.1, 0.15) is 28.7 Å². The minimum Gasteiger partial charge on any atom is -0.508 e. The molecular formula is C27H31NO5. The molecule has 6 nitrogen and oxygen atoms in total. The molecule has 0 bridgehead atoms. The fourth-order valence-corrected chi connectivity index (χ4v) is 4.67. The average Bonchev–Trinajstić information content (AvgIpc) is 3.24. The van der Waals surface area contributed by atoms with E-state index in [2.05, 4.69) is 38.2 Å². The summed E-state index contributed by atoms with van der Waals surface area (Å²) in [6.07, 6.45) is 4.17. The molecule has 0 spiro atoms. The molecule has 2 N–H and O–H groups in total. The summed E-state index contributed by atoms with van der Waals surface area (Å²) in [5.41, 5.74) is 5.83. The number of amides is 1. The number of hydrogen-bond donors (Lipinski definition) is 2. The highest BCUT2D eigenvalue weighted by Crippen LogP contribution is 2.40. The Bertz CT molecular complexity index is 1170. The third-order valence-corrected chi connectivity index (χ3v) is 6.52. The summed E-state index contributed by atoms with van der Waals surface area (Å²) in [4.78, 5) is 12.9. The highest BCUT2D eigenvalue weighted by Gasteiger charge is 2.28. The van der Waals surface area contributed by atoms with E-state index in [0.717, 1.165) is 12.2 Å². The van der Waals surface area contributed by atoms with Crippen LogP contribution in [0.4, 0.5) is 5.69 Å². The van der Waals surface area contributed by atoms with Crippen LogP contribution in [-0.2, 0) is 18.3 Å². The molecule has 1 aliphatic carbocycles. The normalized spacial score (nSPS) is 14.5. The van der Waals surface area contributed by atoms with Gasteiger partial charge in [-0.2, -0.15) is 0 Å². The maximum atomic E-state index is 12.9. The number of hydrogen-bond acceptors (Lipinski definition) is 5. The lowest BCUT2D eigenvalue weighted by Gasteiger charge is -2.33. The maximum absolute atomic E-state index is 12.9. The summed E-state index contributed by atoms with van der Waals surface area (Å²) in [7, 11) is 2.91. The quantitative estimate of drug-likeness (QED) is 0.467. The van der Waals surface area contributed by atoms with E-state index in [9.17, 15) is 9.90 Å². The monoisotopic (exact) mass is 449 g/mol. The first-order valence-electron chi connectivity index (χ1n) is 11.2. The fraction of sp³-hybridized carbons (Fsp3) is 0.370. The zero-order valence-corrected chi connectivity index (χ0v) is 19.9. The number of rotatable bonds is 6. The summed E-state index contributed by atoms with van der Waals surface area (Å²) in [5.74, 6) is 1.05. The molecule has 4 rings (SSSR count). The molecule has 3 aromatic rings. The molecule has 2 aromatic carbocycles. The first kappa shape index (κ1) is 22.8. The van der Waals surface area contributed by atoms with Gasteiger partial charge >= 0.3 is 0 Å². The molecule has 0 aliphatic heterocycles. The number of aromatic hydroxyl groups is 1. The van der Waals surface area contributed by atoms with Gasteiger partial charge in [0.2, 0.25) is 0 Å². The predicted molar refractivity (Wildman–Crippen MR) is 128 cm³/mol. The largest absolute Gasteiger partial charge is 0.508 e. The van der Waals surface area contributed by atoms with Crippen molar-refractivity contribution >= 4 is 11.6 Å². The molecule has 1 heterocycles. The lowest BCUT2D eigenvalue weighted by molar-refractivity contribution is 0.0994. The summed E-state index contributed by atoms with van der Waals surface area (Å²) in [6.45, 7) is 6.76. The first-order chi connectivity index (χ1) is 15.7. The molecule has 6 heteroatoms. The Morgan fingerprint density at radius 3 is 2.48 bits per heavy atom. The topological polar surface area (TPSA) is 80.9 Å². The van der Waals surface area contributed by atoms with Gasteiger partial charge in [-0.15, -0.1) is 0 Å². The van der Waals surface area contributed by atoms with Crippen LogP contribution in [0.5, 0.6) is 17.2 Å². The van der Waals surface area contributed by atoms with Gasteiger partial charge in [0.25, 0.3) is 5.91 Å². The number of phenolic OH excluding ortho intramolecular Hbond substituents is 1. The van der Waals surface area contributed by atoms with Gasteiger partial charge < -0.3 is 24.3 Å². The van der Waals surface area contributed by atoms with Crippen molar-refractivity contribution in [1.29, 1.82) is 0 Å². The third kappa shape index (κ3) is 4.56. The van der Waals surface area contributed by atoms with Crippen molar-refractivity contribution in [3.05, 3.63) is 70.2 Å². The van der Waals surface area contributed by atoms with Gasteiger partial charge in [-0.05, 0) is 66.0 Å². The Labute approximate surface area is 194 Å². The van der Waals surface area contributed by atoms with Crippen LogP contribution in [0.2, 0.25) is 0 Å². The predicted octanol–water partition coefficient (Wildman–Crippen LogP) is 5.77. The number of benzene rings is 2. The Morgan fingerprint density at radius 2 is 1.82 bits per heavy atom. The van der Waals surface area contributed by atoms with Crippen LogP contribution in [0.25, 0.3) is 0 Å². The van der Waals surface area contributed by atoms with Gasteiger partial charge in [-0.1, -0.05) is 26.0 Å². The summed E-state index contributed by atoms with van der Waals surface area (Å²) < 4.78 is 16.5. The van der Waals surface area contributed by atoms with Gasteiger partial charge in [0.15, 0.2) is 5.76 Å². The highest BCUT2D eigenvalue weighted by atomic mass is 16.5. The number of carbonyl (C=O) groups is 1. The summed E-state index contributed by atoms with van der Waals surface area (Å²) in [6, 6.07) is 11.0. The van der Waals surface area contributed by atoms with Crippen LogP contribution in [-0.4, -0.2) is 25.2 Å². The van der Waals surface area contributed by atoms with E-state index in [1.807, 2.05) is 6.07 Å². The zero-order valence-electron chi connectivity index (χ0n) is 19.9. The number of aryl methyl sites for hydroxylation is 2. The van der Waals surface area contributed by atoms with Crippen molar-refractivity contribution in [2.45, 2.75) is 51.9 Å². The van der Waals surface area contributed by atoms with E-state index in [0.29, 0.717) is 23.6 Å². The lowest BCUT2D eigenvalue weighted by atomic mass is 9.71. The number of fused-ring (bicyclic) bond motifs is 1. The number of furan rings is 1. The summed E-state index contributed by atoms with van der Waals surface area (Å²) in [5, 5.41) is 12.6. The Morgan fingerprint density at radius 1 is 1.12 bits per heavy atom. The summed E-state index contributed by atoms with van der Waals surface area (Å²) >= 11 is 0. The third-order valence-electron chi connectivity index (χ3n) is 6.52. The van der Waals surface area contributed by atoms with Gasteiger partial charge in [-0.25, -0.2) is 0 Å². The Kier molecular flexibility index (Phi) is 6.11. The fourth-order valence-electron chi connectivity index (χ4n) is 4.67. The average molecular weight is 450 g/mol. The van der Waals surface area contributed by atoms with Gasteiger partial charge in [0.05, 0.1) is 14.2 Å². The molecule has 174 valence electrons. The van der Waals surface area contributed by atoms with Crippen LogP contribution in [0.1, 0.15) is 65.3 Å². The van der Waals surface area contributed by atoms with Crippen LogP contribution < -0.4 is 14.8 Å². The van der Waals surface area contributed by atoms with E-state index in [-0.39, 0.29) is 16.9 Å². The Hall–Kier alpha value is -3.41. The molecule has 0 saturated carbocycles. The number of methoxy groups -OCH3 is 2. The van der Waals surface area contributed by atoms with Crippen molar-refractivity contribution < 1.29 is 23.8 Å². The molecule has 1 amide bonds. The van der Waals surface area contributed by atoms with Crippen LogP contribution >= 0.6 is 0 Å². The van der Waals surface area contributed by atoms with E-state index in [1.165, 1.54) is 61.4 Å². The molecular weight excluding hydrogens is 418 g/mol. The SMILES string of the molecule is COc1cc(O)cc(OC)c1NC(=O)c1ccc(Cc2cc3c(cc2C)CCCC3(C)C)o1. The van der Waals surface area contributed by atoms with Crippen molar-refractivity contribution in [3.8, 4) is 17.2 Å². The molecule has 1 aliphatic rings. The van der Waals surface area contributed by atoms with Gasteiger partial charge in [-0.3, -0.25) is 4.79 Å². The smallest absolute Gasteiger partial charge is 0.291 e. The molecule has 33 heavy (non-hydrogen) atoms. The van der Waals surface area contributed by atoms with Crippen molar-refractivity contribution in [2.75, 3.05) is 19.5 Å². The number of nitrogens with one attached hydrogen (secondary N) is 1. The lowest BCUT2D eigenvalue weighted by Crippen LogP contribution is -2.24. The molecule has 0 saturated heterocycles. The molecule has 0 fully saturated rings. The number of phenols is 1. The minimum atomic E-state index is -0.424. The number of carbonyl (C=O) groups excluding carboxylic acids is 1. The molecule has 0 atom stereocenters. The standard InChI is InChI=1S/C27H31NO5/c1-16-11-17-7-6-10-27(2,3)21(17)13-18(16)12-20-8-9-22(33-20)26(30)28-25-23(31-4)14-19(29)15-24(25)32-5/h8-9,11,13-15,29H,6-7,10,12H2,1-5H3,(H,28,30). The van der Waals surface area contributed by atoms with Crippen molar-refractivity contribution in [3.63, 3.8) is 0 Å². The van der Waals surface area contributed by atoms with E-state index in [1.54, 1.807) is 6.07 Å². The second-order valence-corrected chi connectivity index (χ2v) is 9.30. The molecule has 0 unspecified atom stereocenters. The highest BCUT2D eigenvalue weighted by molar-refractivity contribution is 6.04. The van der Waals surface area contributed by atoms with Crippen LogP contribution in [0.3, 0.4) is 0 Å². The Balaban J connectivity index is 1.56. The van der Waals surface area contributed by atoms with E-state index in [4.69, 9.17) is 13.9 Å². The number of ether oxygens (including phenoxy) is 2. The van der Waals surface area contributed by atoms with Crippen LogP contribution in [0, 0.1) is 6.92 Å². The van der Waals surface area contributed by atoms with E-state index >= 15 is 0 Å². The van der Waals surface area contributed by atoms with E-state index < -0.39 is 5.91 Å². The first-order valence-corrected chi connectivity index (χ1v) is 11.2.